The average Bonchev–Trinajstić information content (AvgIpc) is 2.76. The summed E-state index contributed by atoms with van der Waals surface area (Å²) in [6.07, 6.45) is 3.77. The molecular formula is C14H19BrClN3O. The Labute approximate surface area is 132 Å². The third-order valence-corrected chi connectivity index (χ3v) is 3.58. The summed E-state index contributed by atoms with van der Waals surface area (Å²) in [6.45, 7) is 6.43. The highest BCUT2D eigenvalue weighted by Gasteiger charge is 2.15. The number of halogens is 2. The van der Waals surface area contributed by atoms with Crippen LogP contribution in [0.5, 0.6) is 0 Å². The quantitative estimate of drug-likeness (QED) is 0.545. The summed E-state index contributed by atoms with van der Waals surface area (Å²) in [7, 11) is 0. The van der Waals surface area contributed by atoms with Crippen LogP contribution in [0.2, 0.25) is 0 Å². The van der Waals surface area contributed by atoms with Crippen LogP contribution in [0.4, 0.5) is 0 Å². The van der Waals surface area contributed by atoms with Gasteiger partial charge in [-0.1, -0.05) is 6.92 Å². The molecule has 0 N–H and O–H groups in total. The summed E-state index contributed by atoms with van der Waals surface area (Å²) in [4.78, 5) is 9.04. The van der Waals surface area contributed by atoms with Crippen LogP contribution in [0, 0.1) is 0 Å². The molecule has 2 heterocycles. The van der Waals surface area contributed by atoms with Crippen LogP contribution in [0.25, 0.3) is 11.2 Å². The molecule has 1 atom stereocenters. The van der Waals surface area contributed by atoms with Crippen LogP contribution >= 0.6 is 27.5 Å². The number of aromatic nitrogens is 3. The van der Waals surface area contributed by atoms with E-state index in [2.05, 4.69) is 37.4 Å². The van der Waals surface area contributed by atoms with Crippen molar-refractivity contribution >= 4 is 38.7 Å². The smallest absolute Gasteiger partial charge is 0.160 e. The van der Waals surface area contributed by atoms with Crippen molar-refractivity contribution in [3.8, 4) is 0 Å². The van der Waals surface area contributed by atoms with Crippen LogP contribution in [0.15, 0.2) is 16.7 Å². The molecule has 0 saturated carbocycles. The Morgan fingerprint density at radius 1 is 1.45 bits per heavy atom. The topological polar surface area (TPSA) is 39.9 Å². The number of hydrogen-bond donors (Lipinski definition) is 0. The minimum absolute atomic E-state index is 0.139. The monoisotopic (exact) mass is 359 g/mol. The second kappa shape index (κ2) is 7.38. The Morgan fingerprint density at radius 2 is 2.25 bits per heavy atom. The molecule has 4 nitrogen and oxygen atoms in total. The first kappa shape index (κ1) is 15.7. The molecule has 0 aliphatic rings. The van der Waals surface area contributed by atoms with E-state index in [1.54, 1.807) is 6.20 Å². The number of alkyl halides is 1. The molecule has 0 aliphatic heterocycles. The van der Waals surface area contributed by atoms with E-state index < -0.39 is 0 Å². The van der Waals surface area contributed by atoms with Crippen molar-refractivity contribution in [3.05, 3.63) is 22.6 Å². The third kappa shape index (κ3) is 3.71. The van der Waals surface area contributed by atoms with Gasteiger partial charge in [-0.2, -0.15) is 0 Å². The first-order valence-corrected chi connectivity index (χ1v) is 8.10. The second-order valence-electron chi connectivity index (χ2n) is 4.70. The lowest BCUT2D eigenvalue weighted by Crippen LogP contribution is -2.08. The van der Waals surface area contributed by atoms with Crippen LogP contribution in [0.3, 0.4) is 0 Å². The Balaban J connectivity index is 2.18. The molecule has 0 aliphatic carbocycles. The number of pyridine rings is 1. The molecule has 6 heteroatoms. The molecule has 110 valence electrons. The summed E-state index contributed by atoms with van der Waals surface area (Å²) in [6, 6.07) is 1.97. The fourth-order valence-corrected chi connectivity index (χ4v) is 2.58. The van der Waals surface area contributed by atoms with E-state index in [0.717, 1.165) is 54.1 Å². The van der Waals surface area contributed by atoms with Crippen molar-refractivity contribution in [2.24, 2.45) is 0 Å². The van der Waals surface area contributed by atoms with Gasteiger partial charge in [0.25, 0.3) is 0 Å². The van der Waals surface area contributed by atoms with Gasteiger partial charge < -0.3 is 9.30 Å². The summed E-state index contributed by atoms with van der Waals surface area (Å²) in [5.74, 6) is 0.864. The lowest BCUT2D eigenvalue weighted by Gasteiger charge is -2.10. The molecule has 1 unspecified atom stereocenters. The molecule has 0 saturated heterocycles. The van der Waals surface area contributed by atoms with Crippen molar-refractivity contribution < 1.29 is 4.74 Å². The standard InChI is InChI=1S/C14H19BrClN3O/c1-3-6-20-7-4-5-19-13(10(2)16)18-12-8-11(15)9-17-14(12)19/h8-10H,3-7H2,1-2H3. The predicted octanol–water partition coefficient (Wildman–Crippen LogP) is 4.31. The van der Waals surface area contributed by atoms with Gasteiger partial charge in [0.05, 0.1) is 5.38 Å². The SMILES string of the molecule is CCCOCCCn1c(C(C)Cl)nc2cc(Br)cnc21. The van der Waals surface area contributed by atoms with Gasteiger partial charge in [0.2, 0.25) is 0 Å². The molecule has 2 aromatic heterocycles. The highest BCUT2D eigenvalue weighted by molar-refractivity contribution is 9.10. The van der Waals surface area contributed by atoms with Crippen LogP contribution < -0.4 is 0 Å². The summed E-state index contributed by atoms with van der Waals surface area (Å²) < 4.78 is 8.54. The summed E-state index contributed by atoms with van der Waals surface area (Å²) >= 11 is 9.65. The fourth-order valence-electron chi connectivity index (χ4n) is 2.10. The molecule has 0 bridgehead atoms. The molecule has 0 radical (unpaired) electrons. The Hall–Kier alpha value is -0.650. The van der Waals surface area contributed by atoms with Crippen LogP contribution in [-0.2, 0) is 11.3 Å². The Kier molecular flexibility index (Phi) is 5.81. The molecule has 0 amide bonds. The number of hydrogen-bond acceptors (Lipinski definition) is 3. The van der Waals surface area contributed by atoms with E-state index in [9.17, 15) is 0 Å². The van der Waals surface area contributed by atoms with E-state index in [0.29, 0.717) is 0 Å². The third-order valence-electron chi connectivity index (χ3n) is 2.96. The lowest BCUT2D eigenvalue weighted by atomic mass is 10.4. The van der Waals surface area contributed by atoms with Gasteiger partial charge in [-0.15, -0.1) is 11.6 Å². The van der Waals surface area contributed by atoms with E-state index in [1.165, 1.54) is 0 Å². The van der Waals surface area contributed by atoms with Crippen molar-refractivity contribution in [3.63, 3.8) is 0 Å². The maximum atomic E-state index is 6.23. The van der Waals surface area contributed by atoms with E-state index >= 15 is 0 Å². The van der Waals surface area contributed by atoms with Gasteiger partial charge in [0.1, 0.15) is 11.3 Å². The molecule has 0 aromatic carbocycles. The molecule has 2 aromatic rings. The number of ether oxygens (including phenoxy) is 1. The first-order valence-electron chi connectivity index (χ1n) is 6.87. The highest BCUT2D eigenvalue weighted by Crippen LogP contribution is 2.25. The second-order valence-corrected chi connectivity index (χ2v) is 6.27. The van der Waals surface area contributed by atoms with Crippen molar-refractivity contribution in [2.75, 3.05) is 13.2 Å². The minimum atomic E-state index is -0.139. The number of aryl methyl sites for hydroxylation is 1. The zero-order chi connectivity index (χ0) is 14.5. The minimum Gasteiger partial charge on any atom is -0.381 e. The molecule has 2 rings (SSSR count). The maximum Gasteiger partial charge on any atom is 0.160 e. The number of imidazole rings is 1. The molecular weight excluding hydrogens is 342 g/mol. The fraction of sp³-hybridized carbons (Fsp3) is 0.571. The van der Waals surface area contributed by atoms with Gasteiger partial charge in [-0.3, -0.25) is 0 Å². The molecule has 0 fully saturated rings. The zero-order valence-electron chi connectivity index (χ0n) is 11.8. The van der Waals surface area contributed by atoms with Gasteiger partial charge in [0.15, 0.2) is 5.65 Å². The predicted molar refractivity (Wildman–Crippen MR) is 85.2 cm³/mol. The number of nitrogens with zero attached hydrogens (tertiary/aromatic N) is 3. The summed E-state index contributed by atoms with van der Waals surface area (Å²) in [5, 5.41) is -0.139. The first-order chi connectivity index (χ1) is 9.63. The largest absolute Gasteiger partial charge is 0.381 e. The van der Waals surface area contributed by atoms with E-state index in [4.69, 9.17) is 16.3 Å². The highest BCUT2D eigenvalue weighted by atomic mass is 79.9. The molecule has 20 heavy (non-hydrogen) atoms. The van der Waals surface area contributed by atoms with E-state index in [-0.39, 0.29) is 5.38 Å². The van der Waals surface area contributed by atoms with Gasteiger partial charge in [-0.05, 0) is 41.8 Å². The number of fused-ring (bicyclic) bond motifs is 1. The van der Waals surface area contributed by atoms with Crippen molar-refractivity contribution in [1.29, 1.82) is 0 Å². The zero-order valence-corrected chi connectivity index (χ0v) is 14.1. The molecule has 0 spiro atoms. The Bertz CT molecular complexity index is 571. The van der Waals surface area contributed by atoms with Crippen LogP contribution in [0.1, 0.15) is 37.9 Å². The Morgan fingerprint density at radius 3 is 2.95 bits per heavy atom. The van der Waals surface area contributed by atoms with Crippen molar-refractivity contribution in [1.82, 2.24) is 14.5 Å². The van der Waals surface area contributed by atoms with Gasteiger partial charge >= 0.3 is 0 Å². The van der Waals surface area contributed by atoms with Gasteiger partial charge in [0, 0.05) is 30.4 Å². The lowest BCUT2D eigenvalue weighted by molar-refractivity contribution is 0.129. The van der Waals surface area contributed by atoms with Crippen LogP contribution in [-0.4, -0.2) is 27.7 Å². The van der Waals surface area contributed by atoms with Crippen molar-refractivity contribution in [2.45, 2.75) is 38.6 Å². The number of rotatable bonds is 7. The normalized spacial score (nSPS) is 13.0. The maximum absolute atomic E-state index is 6.23. The van der Waals surface area contributed by atoms with Gasteiger partial charge in [-0.25, -0.2) is 9.97 Å². The summed E-state index contributed by atoms with van der Waals surface area (Å²) in [5.41, 5.74) is 1.75. The average molecular weight is 361 g/mol. The van der Waals surface area contributed by atoms with E-state index in [1.807, 2.05) is 13.0 Å².